The Morgan fingerprint density at radius 1 is 1.06 bits per heavy atom. The zero-order valence-electron chi connectivity index (χ0n) is 10.2. The minimum absolute atomic E-state index is 0.0492. The lowest BCUT2D eigenvalue weighted by atomic mass is 10.1. The second kappa shape index (κ2) is 4.68. The number of rotatable bonds is 1. The minimum atomic E-state index is 0.0492. The Morgan fingerprint density at radius 2 is 1.78 bits per heavy atom. The molecule has 2 heterocycles. The van der Waals surface area contributed by atoms with E-state index < -0.39 is 0 Å². The lowest BCUT2D eigenvalue weighted by Gasteiger charge is -2.03. The van der Waals surface area contributed by atoms with Gasteiger partial charge in [0, 0.05) is 0 Å². The molecule has 2 atom stereocenters. The van der Waals surface area contributed by atoms with Crippen LogP contribution < -0.4 is 5.32 Å². The van der Waals surface area contributed by atoms with Crippen molar-refractivity contribution in [3.05, 3.63) is 35.9 Å². The molecular formula is C13H15N3O2. The molecule has 5 nitrogen and oxygen atoms in total. The third-order valence-corrected chi connectivity index (χ3v) is 2.85. The van der Waals surface area contributed by atoms with E-state index in [0.29, 0.717) is 25.3 Å². The Bertz CT molecular complexity index is 484. The maximum Gasteiger partial charge on any atom is 0.293 e. The normalized spacial score (nSPS) is 26.1. The summed E-state index contributed by atoms with van der Waals surface area (Å²) in [6.45, 7) is 3.16. The predicted molar refractivity (Wildman–Crippen MR) is 68.6 cm³/mol. The van der Waals surface area contributed by atoms with Gasteiger partial charge in [0.1, 0.15) is 19.3 Å². The largest absolute Gasteiger partial charge is 0.463 e. The summed E-state index contributed by atoms with van der Waals surface area (Å²) >= 11 is 0. The lowest BCUT2D eigenvalue weighted by Crippen LogP contribution is -2.30. The summed E-state index contributed by atoms with van der Waals surface area (Å²) in [4.78, 5) is 8.74. The number of hydrogen-bond acceptors (Lipinski definition) is 5. The van der Waals surface area contributed by atoms with Gasteiger partial charge in [-0.05, 0) is 12.5 Å². The molecule has 0 fully saturated rings. The number of nitrogens with one attached hydrogen (secondary N) is 1. The van der Waals surface area contributed by atoms with Gasteiger partial charge in [-0.3, -0.25) is 5.32 Å². The van der Waals surface area contributed by atoms with Crippen LogP contribution in [0.5, 0.6) is 0 Å². The van der Waals surface area contributed by atoms with E-state index in [2.05, 4.69) is 15.3 Å². The number of benzene rings is 1. The zero-order chi connectivity index (χ0) is 12.4. The van der Waals surface area contributed by atoms with Crippen LogP contribution in [-0.4, -0.2) is 31.3 Å². The van der Waals surface area contributed by atoms with E-state index in [1.165, 1.54) is 0 Å². The molecule has 18 heavy (non-hydrogen) atoms. The van der Waals surface area contributed by atoms with Crippen molar-refractivity contribution in [3.63, 3.8) is 0 Å². The Hall–Kier alpha value is -2.04. The third-order valence-electron chi connectivity index (χ3n) is 2.85. The van der Waals surface area contributed by atoms with E-state index in [9.17, 15) is 0 Å². The van der Waals surface area contributed by atoms with Crippen LogP contribution in [0.25, 0.3) is 0 Å². The molecule has 94 valence electrons. The molecule has 2 aliphatic rings. The highest BCUT2D eigenvalue weighted by Gasteiger charge is 2.23. The van der Waals surface area contributed by atoms with Crippen LogP contribution in [-0.2, 0) is 9.47 Å². The van der Waals surface area contributed by atoms with E-state index >= 15 is 0 Å². The van der Waals surface area contributed by atoms with Gasteiger partial charge in [-0.25, -0.2) is 9.98 Å². The van der Waals surface area contributed by atoms with Gasteiger partial charge in [0.2, 0.25) is 0 Å². The van der Waals surface area contributed by atoms with Crippen LogP contribution in [0.3, 0.4) is 0 Å². The first-order chi connectivity index (χ1) is 8.81. The molecule has 0 aromatic heterocycles. The number of aliphatic imine (C=N–C) groups is 2. The SMILES string of the molecule is C[C@H]1COC(NC2=N[C@@H](c3ccccc3)CO2)=N1. The van der Waals surface area contributed by atoms with Crippen molar-refractivity contribution in [2.75, 3.05) is 13.2 Å². The summed E-state index contributed by atoms with van der Waals surface area (Å²) in [6.07, 6.45) is 0. The maximum atomic E-state index is 5.50. The molecule has 5 heteroatoms. The molecule has 0 aliphatic carbocycles. The van der Waals surface area contributed by atoms with Crippen LogP contribution in [0, 0.1) is 0 Å². The zero-order valence-corrected chi connectivity index (χ0v) is 10.2. The second-order valence-electron chi connectivity index (χ2n) is 4.39. The smallest absolute Gasteiger partial charge is 0.293 e. The van der Waals surface area contributed by atoms with Gasteiger partial charge in [-0.1, -0.05) is 30.3 Å². The maximum absolute atomic E-state index is 5.50. The molecule has 3 rings (SSSR count). The summed E-state index contributed by atoms with van der Waals surface area (Å²) in [5.74, 6) is 0. The monoisotopic (exact) mass is 245 g/mol. The van der Waals surface area contributed by atoms with Crippen molar-refractivity contribution in [3.8, 4) is 0 Å². The van der Waals surface area contributed by atoms with Crippen LogP contribution in [0.1, 0.15) is 18.5 Å². The minimum Gasteiger partial charge on any atom is -0.463 e. The van der Waals surface area contributed by atoms with E-state index in [4.69, 9.17) is 9.47 Å². The highest BCUT2D eigenvalue weighted by molar-refractivity contribution is 5.94. The van der Waals surface area contributed by atoms with Gasteiger partial charge in [-0.15, -0.1) is 0 Å². The summed E-state index contributed by atoms with van der Waals surface area (Å²) in [5.41, 5.74) is 1.15. The molecule has 0 unspecified atom stereocenters. The molecular weight excluding hydrogens is 230 g/mol. The Kier molecular flexibility index (Phi) is 2.88. The summed E-state index contributed by atoms with van der Waals surface area (Å²) in [5, 5.41) is 2.96. The van der Waals surface area contributed by atoms with Gasteiger partial charge in [-0.2, -0.15) is 0 Å². The molecule has 0 saturated carbocycles. The Labute approximate surface area is 106 Å². The quantitative estimate of drug-likeness (QED) is 0.815. The van der Waals surface area contributed by atoms with Crippen LogP contribution in [0.4, 0.5) is 0 Å². The first-order valence-electron chi connectivity index (χ1n) is 6.04. The van der Waals surface area contributed by atoms with E-state index in [1.807, 2.05) is 37.3 Å². The van der Waals surface area contributed by atoms with Crippen molar-refractivity contribution in [2.45, 2.75) is 19.0 Å². The van der Waals surface area contributed by atoms with Crippen molar-refractivity contribution >= 4 is 12.0 Å². The molecule has 0 bridgehead atoms. The summed E-state index contributed by atoms with van der Waals surface area (Å²) in [6, 6.07) is 11.3. The first kappa shape index (κ1) is 11.1. The molecule has 1 aromatic rings. The average molecular weight is 245 g/mol. The summed E-state index contributed by atoms with van der Waals surface area (Å²) < 4.78 is 10.8. The number of ether oxygens (including phenoxy) is 2. The van der Waals surface area contributed by atoms with Crippen molar-refractivity contribution in [2.24, 2.45) is 9.98 Å². The van der Waals surface area contributed by atoms with Crippen molar-refractivity contribution < 1.29 is 9.47 Å². The number of hydrogen-bond donors (Lipinski definition) is 1. The van der Waals surface area contributed by atoms with E-state index in [-0.39, 0.29) is 12.1 Å². The molecule has 1 N–H and O–H groups in total. The van der Waals surface area contributed by atoms with Gasteiger partial charge < -0.3 is 9.47 Å². The molecule has 0 radical (unpaired) electrons. The highest BCUT2D eigenvalue weighted by Crippen LogP contribution is 2.21. The predicted octanol–water partition coefficient (Wildman–Crippen LogP) is 1.48. The molecule has 0 spiro atoms. The number of nitrogens with zero attached hydrogens (tertiary/aromatic N) is 2. The van der Waals surface area contributed by atoms with Crippen molar-refractivity contribution in [1.82, 2.24) is 5.32 Å². The summed E-state index contributed by atoms with van der Waals surface area (Å²) in [7, 11) is 0. The fraction of sp³-hybridized carbons (Fsp3) is 0.385. The Morgan fingerprint density at radius 3 is 2.50 bits per heavy atom. The van der Waals surface area contributed by atoms with Gasteiger partial charge >= 0.3 is 0 Å². The molecule has 0 saturated heterocycles. The molecule has 1 aromatic carbocycles. The highest BCUT2D eigenvalue weighted by atomic mass is 16.5. The van der Waals surface area contributed by atoms with Crippen molar-refractivity contribution in [1.29, 1.82) is 0 Å². The van der Waals surface area contributed by atoms with Gasteiger partial charge in [0.15, 0.2) is 0 Å². The average Bonchev–Trinajstić information content (AvgIpc) is 3.01. The van der Waals surface area contributed by atoms with E-state index in [0.717, 1.165) is 5.56 Å². The molecule has 2 aliphatic heterocycles. The second-order valence-corrected chi connectivity index (χ2v) is 4.39. The first-order valence-corrected chi connectivity index (χ1v) is 6.04. The van der Waals surface area contributed by atoms with Crippen LogP contribution in [0.15, 0.2) is 40.3 Å². The standard InChI is InChI=1S/C13H15N3O2/c1-9-7-17-12(14-9)16-13-15-11(8-18-13)10-5-3-2-4-6-10/h2-6,9,11H,7-8H2,1H3,(H,14,15,16)/t9-,11+/m0/s1. The van der Waals surface area contributed by atoms with Gasteiger partial charge in [0.25, 0.3) is 12.0 Å². The van der Waals surface area contributed by atoms with Crippen LogP contribution in [0.2, 0.25) is 0 Å². The van der Waals surface area contributed by atoms with E-state index in [1.54, 1.807) is 0 Å². The topological polar surface area (TPSA) is 55.2 Å². The fourth-order valence-corrected chi connectivity index (χ4v) is 1.92. The fourth-order valence-electron chi connectivity index (χ4n) is 1.92. The Balaban J connectivity index is 1.67. The third kappa shape index (κ3) is 2.30. The van der Waals surface area contributed by atoms with Crippen LogP contribution >= 0.6 is 0 Å². The number of amidine groups is 2. The molecule has 0 amide bonds. The van der Waals surface area contributed by atoms with Gasteiger partial charge in [0.05, 0.1) is 6.04 Å². The lowest BCUT2D eigenvalue weighted by molar-refractivity contribution is 0.294.